The Balaban J connectivity index is 1.66. The number of nitrogens with zero attached hydrogens (tertiary/aromatic N) is 3. The Labute approximate surface area is 160 Å². The summed E-state index contributed by atoms with van der Waals surface area (Å²) >= 11 is 0. The third kappa shape index (κ3) is 4.06. The van der Waals surface area contributed by atoms with Crippen LogP contribution in [0.15, 0.2) is 39.8 Å². The van der Waals surface area contributed by atoms with Crippen molar-refractivity contribution in [1.82, 2.24) is 14.4 Å². The highest BCUT2D eigenvalue weighted by atomic mass is 32.2. The molecule has 0 N–H and O–H groups in total. The number of amides is 1. The van der Waals surface area contributed by atoms with Crippen molar-refractivity contribution in [3.63, 3.8) is 0 Å². The molecule has 1 atom stereocenters. The molecular formula is C19H25N3O4S. The van der Waals surface area contributed by atoms with Gasteiger partial charge in [0.1, 0.15) is 5.76 Å². The van der Waals surface area contributed by atoms with Crippen molar-refractivity contribution in [3.8, 4) is 0 Å². The first-order valence-electron chi connectivity index (χ1n) is 9.15. The quantitative estimate of drug-likeness (QED) is 0.782. The van der Waals surface area contributed by atoms with Gasteiger partial charge in [0.2, 0.25) is 10.0 Å². The van der Waals surface area contributed by atoms with Crippen LogP contribution in [0.4, 0.5) is 0 Å². The number of sulfonamides is 1. The monoisotopic (exact) mass is 391 g/mol. The molecule has 2 heterocycles. The van der Waals surface area contributed by atoms with Crippen LogP contribution in [0.25, 0.3) is 0 Å². The predicted octanol–water partition coefficient (Wildman–Crippen LogP) is 2.64. The van der Waals surface area contributed by atoms with Gasteiger partial charge in [-0.15, -0.1) is 0 Å². The van der Waals surface area contributed by atoms with E-state index in [4.69, 9.17) is 4.52 Å². The highest BCUT2D eigenvalue weighted by Gasteiger charge is 2.31. The van der Waals surface area contributed by atoms with E-state index in [0.717, 1.165) is 12.0 Å². The van der Waals surface area contributed by atoms with Crippen molar-refractivity contribution in [2.24, 2.45) is 0 Å². The van der Waals surface area contributed by atoms with Crippen molar-refractivity contribution in [1.29, 1.82) is 0 Å². The molecule has 146 valence electrons. The zero-order valence-electron chi connectivity index (χ0n) is 15.9. The van der Waals surface area contributed by atoms with Gasteiger partial charge in [0.15, 0.2) is 5.69 Å². The summed E-state index contributed by atoms with van der Waals surface area (Å²) in [5, 5.41) is 3.74. The summed E-state index contributed by atoms with van der Waals surface area (Å²) in [4.78, 5) is 14.3. The number of aromatic nitrogens is 1. The molecule has 8 heteroatoms. The second-order valence-electron chi connectivity index (χ2n) is 6.90. The molecule has 1 aromatic heterocycles. The molecule has 1 aliphatic rings. The third-order valence-electron chi connectivity index (χ3n) is 5.07. The van der Waals surface area contributed by atoms with Gasteiger partial charge in [-0.25, -0.2) is 8.42 Å². The summed E-state index contributed by atoms with van der Waals surface area (Å²) in [5.74, 6) is 0.735. The van der Waals surface area contributed by atoms with E-state index in [1.165, 1.54) is 4.31 Å². The lowest BCUT2D eigenvalue weighted by Crippen LogP contribution is -2.50. The zero-order chi connectivity index (χ0) is 19.6. The maximum atomic E-state index is 12.9. The Bertz CT molecular complexity index is 897. The van der Waals surface area contributed by atoms with Crippen molar-refractivity contribution >= 4 is 15.9 Å². The fraction of sp³-hybridized carbons (Fsp3) is 0.474. The van der Waals surface area contributed by atoms with Crippen LogP contribution in [-0.4, -0.2) is 54.9 Å². The molecule has 0 saturated carbocycles. The fourth-order valence-electron chi connectivity index (χ4n) is 3.11. The van der Waals surface area contributed by atoms with Gasteiger partial charge in [0.25, 0.3) is 5.91 Å². The van der Waals surface area contributed by atoms with Crippen LogP contribution in [0.5, 0.6) is 0 Å². The van der Waals surface area contributed by atoms with Gasteiger partial charge in [-0.1, -0.05) is 31.1 Å². The lowest BCUT2D eigenvalue weighted by molar-refractivity contribution is 0.0687. The number of benzene rings is 1. The Kier molecular flexibility index (Phi) is 5.67. The van der Waals surface area contributed by atoms with E-state index in [2.05, 4.69) is 19.0 Å². The van der Waals surface area contributed by atoms with Crippen LogP contribution < -0.4 is 0 Å². The summed E-state index contributed by atoms with van der Waals surface area (Å²) in [5.41, 5.74) is 1.39. The van der Waals surface area contributed by atoms with Crippen molar-refractivity contribution in [3.05, 3.63) is 47.3 Å². The summed E-state index contributed by atoms with van der Waals surface area (Å²) in [6.45, 7) is 7.13. The molecular weight excluding hydrogens is 366 g/mol. The summed E-state index contributed by atoms with van der Waals surface area (Å²) in [7, 11) is -3.56. The average molecular weight is 391 g/mol. The highest BCUT2D eigenvalue weighted by molar-refractivity contribution is 7.89. The maximum absolute atomic E-state index is 12.9. The van der Waals surface area contributed by atoms with Gasteiger partial charge < -0.3 is 9.42 Å². The number of hydrogen-bond donors (Lipinski definition) is 0. The minimum absolute atomic E-state index is 0.234. The first-order valence-corrected chi connectivity index (χ1v) is 10.6. The van der Waals surface area contributed by atoms with E-state index in [0.29, 0.717) is 29.7 Å². The van der Waals surface area contributed by atoms with E-state index in [-0.39, 0.29) is 24.7 Å². The Morgan fingerprint density at radius 2 is 1.81 bits per heavy atom. The molecule has 2 aromatic rings. The highest BCUT2D eigenvalue weighted by Crippen LogP contribution is 2.23. The third-order valence-corrected chi connectivity index (χ3v) is 6.99. The second-order valence-corrected chi connectivity index (χ2v) is 8.84. The van der Waals surface area contributed by atoms with Crippen molar-refractivity contribution in [2.75, 3.05) is 26.2 Å². The minimum atomic E-state index is -3.56. The molecule has 27 heavy (non-hydrogen) atoms. The van der Waals surface area contributed by atoms with E-state index in [9.17, 15) is 13.2 Å². The van der Waals surface area contributed by atoms with E-state index in [1.54, 1.807) is 30.0 Å². The number of hydrogen-bond acceptors (Lipinski definition) is 5. The van der Waals surface area contributed by atoms with Gasteiger partial charge >= 0.3 is 0 Å². The largest absolute Gasteiger partial charge is 0.361 e. The molecule has 3 rings (SSSR count). The molecule has 1 unspecified atom stereocenters. The number of piperazine rings is 1. The average Bonchev–Trinajstić information content (AvgIpc) is 3.13. The maximum Gasteiger partial charge on any atom is 0.276 e. The summed E-state index contributed by atoms with van der Waals surface area (Å²) in [6, 6.07) is 8.70. The summed E-state index contributed by atoms with van der Waals surface area (Å²) in [6.07, 6.45) is 1.01. The first kappa shape index (κ1) is 19.6. The van der Waals surface area contributed by atoms with E-state index >= 15 is 0 Å². The SMILES string of the molecule is CCC(C)c1ccc(S(=O)(=O)N2CCN(C(=O)c3cc(C)on3)CC2)cc1. The molecule has 1 saturated heterocycles. The van der Waals surface area contributed by atoms with E-state index < -0.39 is 10.0 Å². The topological polar surface area (TPSA) is 83.7 Å². The van der Waals surface area contributed by atoms with Crippen LogP contribution >= 0.6 is 0 Å². The van der Waals surface area contributed by atoms with Gasteiger partial charge in [0.05, 0.1) is 4.90 Å². The molecule has 7 nitrogen and oxygen atoms in total. The molecule has 0 spiro atoms. The Hall–Kier alpha value is -2.19. The molecule has 1 aromatic carbocycles. The predicted molar refractivity (Wildman–Crippen MR) is 101 cm³/mol. The minimum Gasteiger partial charge on any atom is -0.361 e. The zero-order valence-corrected chi connectivity index (χ0v) is 16.7. The number of carbonyl (C=O) groups excluding carboxylic acids is 1. The standard InChI is InChI=1S/C19H25N3O4S/c1-4-14(2)16-5-7-17(8-6-16)27(24,25)22-11-9-21(10-12-22)19(23)18-13-15(3)26-20-18/h5-8,13-14H,4,9-12H2,1-3H3. The normalized spacial score (nSPS) is 17.1. The molecule has 0 bridgehead atoms. The van der Waals surface area contributed by atoms with Crippen LogP contribution in [0.1, 0.15) is 48.0 Å². The summed E-state index contributed by atoms with van der Waals surface area (Å²) < 4.78 is 32.1. The van der Waals surface area contributed by atoms with Crippen molar-refractivity contribution < 1.29 is 17.7 Å². The molecule has 0 aliphatic carbocycles. The lowest BCUT2D eigenvalue weighted by atomic mass is 9.99. The van der Waals surface area contributed by atoms with Gasteiger partial charge in [-0.3, -0.25) is 4.79 Å². The smallest absolute Gasteiger partial charge is 0.276 e. The number of rotatable bonds is 5. The number of aryl methyl sites for hydroxylation is 1. The van der Waals surface area contributed by atoms with Gasteiger partial charge in [-0.2, -0.15) is 4.31 Å². The molecule has 0 radical (unpaired) electrons. The first-order chi connectivity index (χ1) is 12.8. The fourth-order valence-corrected chi connectivity index (χ4v) is 4.54. The van der Waals surface area contributed by atoms with Gasteiger partial charge in [-0.05, 0) is 37.0 Å². The Morgan fingerprint density at radius 1 is 1.19 bits per heavy atom. The second kappa shape index (κ2) is 7.82. The van der Waals surface area contributed by atoms with Crippen LogP contribution in [-0.2, 0) is 10.0 Å². The van der Waals surface area contributed by atoms with Crippen LogP contribution in [0, 0.1) is 6.92 Å². The lowest BCUT2D eigenvalue weighted by Gasteiger charge is -2.33. The Morgan fingerprint density at radius 3 is 2.33 bits per heavy atom. The van der Waals surface area contributed by atoms with E-state index in [1.807, 2.05) is 12.1 Å². The number of carbonyl (C=O) groups is 1. The van der Waals surface area contributed by atoms with Gasteiger partial charge in [0, 0.05) is 32.2 Å². The van der Waals surface area contributed by atoms with Crippen molar-refractivity contribution in [2.45, 2.75) is 38.0 Å². The van der Waals surface area contributed by atoms with Crippen LogP contribution in [0.3, 0.4) is 0 Å². The molecule has 1 fully saturated rings. The molecule has 1 aliphatic heterocycles. The molecule has 1 amide bonds. The van der Waals surface area contributed by atoms with Crippen LogP contribution in [0.2, 0.25) is 0 Å².